The van der Waals surface area contributed by atoms with E-state index in [1.54, 1.807) is 32.4 Å². The van der Waals surface area contributed by atoms with Gasteiger partial charge in [0.1, 0.15) is 11.5 Å². The molecule has 0 unspecified atom stereocenters. The highest BCUT2D eigenvalue weighted by Crippen LogP contribution is 2.26. The Labute approximate surface area is 132 Å². The fourth-order valence-electron chi connectivity index (χ4n) is 2.88. The summed E-state index contributed by atoms with van der Waals surface area (Å²) in [6.07, 6.45) is 8.10. The van der Waals surface area contributed by atoms with Gasteiger partial charge in [-0.3, -0.25) is 4.79 Å². The second-order valence-electron chi connectivity index (χ2n) is 5.82. The molecule has 1 saturated carbocycles. The molecule has 1 amide bonds. The van der Waals surface area contributed by atoms with Crippen molar-refractivity contribution in [1.29, 1.82) is 0 Å². The first-order chi connectivity index (χ1) is 10.6. The van der Waals surface area contributed by atoms with Crippen LogP contribution in [-0.4, -0.2) is 26.2 Å². The van der Waals surface area contributed by atoms with Crippen LogP contribution in [0.2, 0.25) is 0 Å². The molecular weight excluding hydrogens is 278 g/mol. The second kappa shape index (κ2) is 7.87. The minimum atomic E-state index is -0.0448. The minimum absolute atomic E-state index is 0.0448. The van der Waals surface area contributed by atoms with E-state index in [0.29, 0.717) is 17.7 Å². The molecule has 0 saturated heterocycles. The molecule has 1 fully saturated rings. The SMILES string of the molecule is COc1ccc(/C=C/C(=O)N[C@H]2CCCC[C@@H]2C)c(OC)c1. The number of rotatable bonds is 5. The van der Waals surface area contributed by atoms with Crippen LogP contribution in [0.15, 0.2) is 24.3 Å². The third-order valence-electron chi connectivity index (χ3n) is 4.29. The molecule has 120 valence electrons. The van der Waals surface area contributed by atoms with Crippen LogP contribution in [0.5, 0.6) is 11.5 Å². The molecule has 0 spiro atoms. The molecule has 1 aliphatic rings. The van der Waals surface area contributed by atoms with Crippen LogP contribution in [0, 0.1) is 5.92 Å². The Bertz CT molecular complexity index is 539. The van der Waals surface area contributed by atoms with Gasteiger partial charge in [0.2, 0.25) is 5.91 Å². The number of amides is 1. The number of hydrogen-bond acceptors (Lipinski definition) is 3. The van der Waals surface area contributed by atoms with Crippen molar-refractivity contribution in [3.8, 4) is 11.5 Å². The number of carbonyl (C=O) groups excluding carboxylic acids is 1. The average molecular weight is 303 g/mol. The van der Waals surface area contributed by atoms with Crippen LogP contribution in [0.1, 0.15) is 38.2 Å². The largest absolute Gasteiger partial charge is 0.497 e. The maximum atomic E-state index is 12.1. The van der Waals surface area contributed by atoms with Crippen LogP contribution in [0.25, 0.3) is 6.08 Å². The predicted octanol–water partition coefficient (Wildman–Crippen LogP) is 3.41. The van der Waals surface area contributed by atoms with Crippen LogP contribution in [0.4, 0.5) is 0 Å². The van der Waals surface area contributed by atoms with Crippen molar-refractivity contribution < 1.29 is 14.3 Å². The molecule has 0 bridgehead atoms. The lowest BCUT2D eigenvalue weighted by atomic mass is 9.86. The summed E-state index contributed by atoms with van der Waals surface area (Å²) in [5.74, 6) is 1.93. The lowest BCUT2D eigenvalue weighted by Gasteiger charge is -2.29. The molecule has 0 heterocycles. The monoisotopic (exact) mass is 303 g/mol. The third-order valence-corrected chi connectivity index (χ3v) is 4.29. The Balaban J connectivity index is 2.00. The number of methoxy groups -OCH3 is 2. The van der Waals surface area contributed by atoms with Gasteiger partial charge in [-0.15, -0.1) is 0 Å². The number of ether oxygens (including phenoxy) is 2. The van der Waals surface area contributed by atoms with Crippen LogP contribution in [-0.2, 0) is 4.79 Å². The molecule has 22 heavy (non-hydrogen) atoms. The van der Waals surface area contributed by atoms with Crippen molar-refractivity contribution in [2.75, 3.05) is 14.2 Å². The van der Waals surface area contributed by atoms with Gasteiger partial charge in [-0.1, -0.05) is 19.8 Å². The van der Waals surface area contributed by atoms with E-state index in [4.69, 9.17) is 9.47 Å². The summed E-state index contributed by atoms with van der Waals surface area (Å²) < 4.78 is 10.5. The Morgan fingerprint density at radius 1 is 1.23 bits per heavy atom. The number of carbonyl (C=O) groups is 1. The predicted molar refractivity (Wildman–Crippen MR) is 88.1 cm³/mol. The zero-order valence-corrected chi connectivity index (χ0v) is 13.6. The van der Waals surface area contributed by atoms with Crippen LogP contribution >= 0.6 is 0 Å². The standard InChI is InChI=1S/C18H25NO3/c1-13-6-4-5-7-16(13)19-18(20)11-9-14-8-10-15(21-2)12-17(14)22-3/h8-13,16H,4-7H2,1-3H3,(H,19,20)/b11-9+/t13-,16-/m0/s1. The van der Waals surface area contributed by atoms with Crippen LogP contribution < -0.4 is 14.8 Å². The van der Waals surface area contributed by atoms with Gasteiger partial charge in [0.25, 0.3) is 0 Å². The van der Waals surface area contributed by atoms with E-state index in [1.165, 1.54) is 19.3 Å². The fraction of sp³-hybridized carbons (Fsp3) is 0.500. The molecule has 2 rings (SSSR count). The van der Waals surface area contributed by atoms with Gasteiger partial charge in [0.15, 0.2) is 0 Å². The Morgan fingerprint density at radius 3 is 2.68 bits per heavy atom. The summed E-state index contributed by atoms with van der Waals surface area (Å²) in [5, 5.41) is 3.11. The molecular formula is C18H25NO3. The molecule has 1 aliphatic carbocycles. The van der Waals surface area contributed by atoms with Gasteiger partial charge in [0, 0.05) is 23.7 Å². The van der Waals surface area contributed by atoms with E-state index < -0.39 is 0 Å². The highest BCUT2D eigenvalue weighted by molar-refractivity contribution is 5.92. The minimum Gasteiger partial charge on any atom is -0.497 e. The molecule has 0 aromatic heterocycles. The fourth-order valence-corrected chi connectivity index (χ4v) is 2.88. The number of nitrogens with one attached hydrogen (secondary N) is 1. The van der Waals surface area contributed by atoms with Crippen molar-refractivity contribution in [3.63, 3.8) is 0 Å². The van der Waals surface area contributed by atoms with Crippen molar-refractivity contribution in [2.24, 2.45) is 5.92 Å². The maximum Gasteiger partial charge on any atom is 0.244 e. The van der Waals surface area contributed by atoms with Gasteiger partial charge < -0.3 is 14.8 Å². The Kier molecular flexibility index (Phi) is 5.87. The molecule has 0 aliphatic heterocycles. The summed E-state index contributed by atoms with van der Waals surface area (Å²) in [4.78, 5) is 12.1. The van der Waals surface area contributed by atoms with Gasteiger partial charge in [-0.2, -0.15) is 0 Å². The average Bonchev–Trinajstić information content (AvgIpc) is 2.55. The smallest absolute Gasteiger partial charge is 0.244 e. The Morgan fingerprint density at radius 2 is 2.00 bits per heavy atom. The van der Waals surface area contributed by atoms with Crippen molar-refractivity contribution in [3.05, 3.63) is 29.8 Å². The maximum absolute atomic E-state index is 12.1. The van der Waals surface area contributed by atoms with E-state index in [2.05, 4.69) is 12.2 Å². The van der Waals surface area contributed by atoms with E-state index in [0.717, 1.165) is 17.7 Å². The molecule has 4 heteroatoms. The zero-order valence-electron chi connectivity index (χ0n) is 13.6. The van der Waals surface area contributed by atoms with Crippen molar-refractivity contribution in [1.82, 2.24) is 5.32 Å². The van der Waals surface area contributed by atoms with Crippen molar-refractivity contribution in [2.45, 2.75) is 38.6 Å². The van der Waals surface area contributed by atoms with E-state index in [9.17, 15) is 4.79 Å². The summed E-state index contributed by atoms with van der Waals surface area (Å²) in [6.45, 7) is 2.21. The zero-order chi connectivity index (χ0) is 15.9. The molecule has 1 N–H and O–H groups in total. The van der Waals surface area contributed by atoms with Crippen LogP contribution in [0.3, 0.4) is 0 Å². The lowest BCUT2D eigenvalue weighted by Crippen LogP contribution is -2.40. The highest BCUT2D eigenvalue weighted by atomic mass is 16.5. The first-order valence-corrected chi connectivity index (χ1v) is 7.84. The third kappa shape index (κ3) is 4.26. The van der Waals surface area contributed by atoms with E-state index >= 15 is 0 Å². The van der Waals surface area contributed by atoms with Gasteiger partial charge >= 0.3 is 0 Å². The van der Waals surface area contributed by atoms with Gasteiger partial charge in [-0.25, -0.2) is 0 Å². The van der Waals surface area contributed by atoms with E-state index in [1.807, 2.05) is 12.1 Å². The first-order valence-electron chi connectivity index (χ1n) is 7.84. The topological polar surface area (TPSA) is 47.6 Å². The molecule has 0 radical (unpaired) electrons. The quantitative estimate of drug-likeness (QED) is 0.848. The highest BCUT2D eigenvalue weighted by Gasteiger charge is 2.21. The first kappa shape index (κ1) is 16.4. The van der Waals surface area contributed by atoms with Gasteiger partial charge in [0.05, 0.1) is 14.2 Å². The number of hydrogen-bond donors (Lipinski definition) is 1. The normalized spacial score (nSPS) is 21.6. The summed E-state index contributed by atoms with van der Waals surface area (Å²) in [6, 6.07) is 5.83. The number of benzene rings is 1. The van der Waals surface area contributed by atoms with Crippen molar-refractivity contribution >= 4 is 12.0 Å². The summed E-state index contributed by atoms with van der Waals surface area (Å²) in [5.41, 5.74) is 0.857. The summed E-state index contributed by atoms with van der Waals surface area (Å²) in [7, 11) is 3.22. The summed E-state index contributed by atoms with van der Waals surface area (Å²) >= 11 is 0. The molecule has 4 nitrogen and oxygen atoms in total. The molecule has 1 aromatic carbocycles. The Hall–Kier alpha value is -1.97. The second-order valence-corrected chi connectivity index (χ2v) is 5.82. The van der Waals surface area contributed by atoms with E-state index in [-0.39, 0.29) is 5.91 Å². The van der Waals surface area contributed by atoms with Gasteiger partial charge in [-0.05, 0) is 37.0 Å². The molecule has 1 aromatic rings. The molecule has 2 atom stereocenters. The lowest BCUT2D eigenvalue weighted by molar-refractivity contribution is -0.117.